The summed E-state index contributed by atoms with van der Waals surface area (Å²) in [5.41, 5.74) is 0. The van der Waals surface area contributed by atoms with Crippen molar-refractivity contribution in [1.29, 1.82) is 0 Å². The van der Waals surface area contributed by atoms with E-state index in [4.69, 9.17) is 5.11 Å². The van der Waals surface area contributed by atoms with Gasteiger partial charge in [0.05, 0.1) is 0 Å². The van der Waals surface area contributed by atoms with Gasteiger partial charge in [0.25, 0.3) is 0 Å². The molecule has 1 saturated carbocycles. The monoisotopic (exact) mass is 302 g/mol. The Balaban J connectivity index is 2.09. The molecule has 1 atom stereocenters. The average molecular weight is 302 g/mol. The van der Waals surface area contributed by atoms with E-state index in [-0.39, 0.29) is 17.2 Å². The number of amides is 2. The van der Waals surface area contributed by atoms with Gasteiger partial charge in [-0.25, -0.2) is 4.79 Å². The van der Waals surface area contributed by atoms with Crippen molar-refractivity contribution in [1.82, 2.24) is 10.6 Å². The highest BCUT2D eigenvalue weighted by atomic mass is 32.2. The van der Waals surface area contributed by atoms with Crippen LogP contribution in [0.1, 0.15) is 45.4 Å². The lowest BCUT2D eigenvalue weighted by molar-refractivity contribution is -0.137. The minimum atomic E-state index is -0.749. The molecule has 1 unspecified atom stereocenters. The molecule has 0 spiro atoms. The molecule has 0 aliphatic heterocycles. The van der Waals surface area contributed by atoms with Crippen molar-refractivity contribution in [2.75, 3.05) is 19.3 Å². The van der Waals surface area contributed by atoms with Crippen LogP contribution in [0.3, 0.4) is 0 Å². The van der Waals surface area contributed by atoms with Crippen molar-refractivity contribution >= 4 is 23.8 Å². The molecule has 20 heavy (non-hydrogen) atoms. The molecule has 0 aromatic carbocycles. The highest BCUT2D eigenvalue weighted by molar-refractivity contribution is 8.00. The van der Waals surface area contributed by atoms with Crippen molar-refractivity contribution in [2.24, 2.45) is 5.92 Å². The highest BCUT2D eigenvalue weighted by Gasteiger charge is 2.41. The summed E-state index contributed by atoms with van der Waals surface area (Å²) in [6, 6.07) is -0.113. The maximum atomic E-state index is 11.6. The molecule has 5 nitrogen and oxygen atoms in total. The van der Waals surface area contributed by atoms with E-state index in [1.54, 1.807) is 0 Å². The fourth-order valence-electron chi connectivity index (χ4n) is 2.17. The number of carbonyl (C=O) groups excluding carboxylic acids is 1. The van der Waals surface area contributed by atoms with E-state index in [2.05, 4.69) is 23.8 Å². The van der Waals surface area contributed by atoms with Gasteiger partial charge in [-0.1, -0.05) is 13.3 Å². The molecule has 6 heteroatoms. The summed E-state index contributed by atoms with van der Waals surface area (Å²) >= 11 is 1.82. The van der Waals surface area contributed by atoms with E-state index in [1.165, 1.54) is 12.8 Å². The van der Waals surface area contributed by atoms with Gasteiger partial charge in [0.15, 0.2) is 0 Å². The molecule has 0 aromatic heterocycles. The van der Waals surface area contributed by atoms with E-state index in [9.17, 15) is 9.59 Å². The molecule has 0 radical (unpaired) electrons. The standard InChI is InChI=1S/C14H26N2O3S/c1-3-11(4-5-12(17)18)6-9-15-13(19)16-10-14(20-2)7-8-14/h11H,3-10H2,1-2H3,(H,17,18)(H2,15,16,19). The second kappa shape index (κ2) is 8.39. The lowest BCUT2D eigenvalue weighted by Crippen LogP contribution is -2.40. The fourth-order valence-corrected chi connectivity index (χ4v) is 2.89. The zero-order valence-electron chi connectivity index (χ0n) is 12.4. The molecule has 1 fully saturated rings. The predicted molar refractivity (Wildman–Crippen MR) is 82.1 cm³/mol. The van der Waals surface area contributed by atoms with Crippen LogP contribution in [-0.2, 0) is 4.79 Å². The third kappa shape index (κ3) is 6.50. The first-order valence-electron chi connectivity index (χ1n) is 7.30. The van der Waals surface area contributed by atoms with E-state index in [0.29, 0.717) is 18.9 Å². The SMILES string of the molecule is CCC(CCNC(=O)NCC1(SC)CC1)CCC(=O)O. The molecule has 1 rings (SSSR count). The van der Waals surface area contributed by atoms with Crippen LogP contribution in [0.2, 0.25) is 0 Å². The first kappa shape index (κ1) is 17.1. The third-order valence-electron chi connectivity index (χ3n) is 3.99. The Morgan fingerprint density at radius 3 is 2.50 bits per heavy atom. The summed E-state index contributed by atoms with van der Waals surface area (Å²) in [7, 11) is 0. The van der Waals surface area contributed by atoms with Crippen LogP contribution in [0.15, 0.2) is 0 Å². The molecule has 0 heterocycles. The van der Waals surface area contributed by atoms with Gasteiger partial charge in [-0.3, -0.25) is 4.79 Å². The summed E-state index contributed by atoms with van der Waals surface area (Å²) < 4.78 is 0.283. The quantitative estimate of drug-likeness (QED) is 0.579. The average Bonchev–Trinajstić information content (AvgIpc) is 3.21. The molecule has 0 saturated heterocycles. The third-order valence-corrected chi connectivity index (χ3v) is 5.41. The molecule has 1 aliphatic carbocycles. The Bertz CT molecular complexity index is 332. The zero-order valence-corrected chi connectivity index (χ0v) is 13.2. The van der Waals surface area contributed by atoms with E-state index in [1.807, 2.05) is 11.8 Å². The summed E-state index contributed by atoms with van der Waals surface area (Å²) in [6.07, 6.45) is 7.13. The van der Waals surface area contributed by atoms with Crippen LogP contribution in [0.4, 0.5) is 4.79 Å². The van der Waals surface area contributed by atoms with Crippen molar-refractivity contribution in [2.45, 2.75) is 50.2 Å². The van der Waals surface area contributed by atoms with E-state index < -0.39 is 5.97 Å². The second-order valence-electron chi connectivity index (χ2n) is 5.49. The fraction of sp³-hybridized carbons (Fsp3) is 0.857. The molecule has 2 amide bonds. The molecular formula is C14H26N2O3S. The first-order chi connectivity index (χ1) is 9.51. The van der Waals surface area contributed by atoms with E-state index >= 15 is 0 Å². The minimum absolute atomic E-state index is 0.113. The Hall–Kier alpha value is -0.910. The summed E-state index contributed by atoms with van der Waals surface area (Å²) in [5, 5.41) is 14.4. The number of urea groups is 1. The van der Waals surface area contributed by atoms with Crippen LogP contribution in [0, 0.1) is 5.92 Å². The van der Waals surface area contributed by atoms with Crippen molar-refractivity contribution in [3.63, 3.8) is 0 Å². The van der Waals surface area contributed by atoms with Gasteiger partial charge < -0.3 is 15.7 Å². The predicted octanol–water partition coefficient (Wildman–Crippen LogP) is 2.46. The lowest BCUT2D eigenvalue weighted by Gasteiger charge is -2.16. The number of nitrogens with one attached hydrogen (secondary N) is 2. The van der Waals surface area contributed by atoms with Gasteiger partial charge in [-0.2, -0.15) is 11.8 Å². The molecule has 0 aromatic rings. The smallest absolute Gasteiger partial charge is 0.314 e. The zero-order chi connectivity index (χ0) is 15.0. The normalized spacial score (nSPS) is 17.3. The maximum absolute atomic E-state index is 11.6. The first-order valence-corrected chi connectivity index (χ1v) is 8.52. The van der Waals surface area contributed by atoms with Crippen LogP contribution in [0.25, 0.3) is 0 Å². The van der Waals surface area contributed by atoms with Gasteiger partial charge in [0, 0.05) is 24.3 Å². The number of rotatable bonds is 10. The summed E-state index contributed by atoms with van der Waals surface area (Å²) in [5.74, 6) is -0.381. The van der Waals surface area contributed by atoms with Crippen molar-refractivity contribution in [3.8, 4) is 0 Å². The Morgan fingerprint density at radius 2 is 2.00 bits per heavy atom. The number of hydrogen-bond acceptors (Lipinski definition) is 3. The number of carbonyl (C=O) groups is 2. The number of hydrogen-bond donors (Lipinski definition) is 3. The van der Waals surface area contributed by atoms with E-state index in [0.717, 1.165) is 19.4 Å². The lowest BCUT2D eigenvalue weighted by atomic mass is 9.97. The maximum Gasteiger partial charge on any atom is 0.314 e. The number of carboxylic acid groups (broad SMARTS) is 1. The van der Waals surface area contributed by atoms with Crippen LogP contribution in [-0.4, -0.2) is 41.2 Å². The highest BCUT2D eigenvalue weighted by Crippen LogP contribution is 2.46. The van der Waals surface area contributed by atoms with Crippen LogP contribution < -0.4 is 10.6 Å². The van der Waals surface area contributed by atoms with Gasteiger partial charge in [-0.15, -0.1) is 0 Å². The molecule has 3 N–H and O–H groups in total. The molecular weight excluding hydrogens is 276 g/mol. The topological polar surface area (TPSA) is 78.4 Å². The Labute approximate surface area is 125 Å². The molecule has 1 aliphatic rings. The molecule has 116 valence electrons. The summed E-state index contributed by atoms with van der Waals surface area (Å²) in [6.45, 7) is 3.40. The largest absolute Gasteiger partial charge is 0.481 e. The van der Waals surface area contributed by atoms with Crippen LogP contribution >= 0.6 is 11.8 Å². The minimum Gasteiger partial charge on any atom is -0.481 e. The van der Waals surface area contributed by atoms with Crippen molar-refractivity contribution in [3.05, 3.63) is 0 Å². The van der Waals surface area contributed by atoms with Gasteiger partial charge in [0.2, 0.25) is 0 Å². The summed E-state index contributed by atoms with van der Waals surface area (Å²) in [4.78, 5) is 22.2. The van der Waals surface area contributed by atoms with Gasteiger partial charge in [0.1, 0.15) is 0 Å². The number of thioether (sulfide) groups is 1. The number of aliphatic carboxylic acids is 1. The van der Waals surface area contributed by atoms with Crippen LogP contribution in [0.5, 0.6) is 0 Å². The Morgan fingerprint density at radius 1 is 1.30 bits per heavy atom. The Kier molecular flexibility index (Phi) is 7.19. The molecule has 0 bridgehead atoms. The van der Waals surface area contributed by atoms with Gasteiger partial charge in [-0.05, 0) is 37.9 Å². The van der Waals surface area contributed by atoms with Crippen molar-refractivity contribution < 1.29 is 14.7 Å². The number of carboxylic acids is 1. The second-order valence-corrected chi connectivity index (χ2v) is 6.77. The van der Waals surface area contributed by atoms with Gasteiger partial charge >= 0.3 is 12.0 Å².